The Morgan fingerprint density at radius 1 is 1.32 bits per heavy atom. The predicted octanol–water partition coefficient (Wildman–Crippen LogP) is 4.32. The highest BCUT2D eigenvalue weighted by Crippen LogP contribution is 2.47. The van der Waals surface area contributed by atoms with Gasteiger partial charge in [-0.25, -0.2) is 0 Å². The van der Waals surface area contributed by atoms with Crippen LogP contribution in [0.15, 0.2) is 16.6 Å². The summed E-state index contributed by atoms with van der Waals surface area (Å²) in [6.45, 7) is 2.81. The number of rotatable bonds is 4. The van der Waals surface area contributed by atoms with Crippen molar-refractivity contribution in [2.24, 2.45) is 0 Å². The molecule has 0 bridgehead atoms. The molecule has 0 aliphatic carbocycles. The van der Waals surface area contributed by atoms with E-state index in [2.05, 4.69) is 15.9 Å². The zero-order chi connectivity index (χ0) is 14.0. The molecule has 0 N–H and O–H groups in total. The molecule has 0 saturated carbocycles. The Hall–Kier alpha value is -0.450. The zero-order valence-corrected chi connectivity index (χ0v) is 13.7. The monoisotopic (exact) mass is 348 g/mol. The Bertz CT molecular complexity index is 458. The van der Waals surface area contributed by atoms with Gasteiger partial charge < -0.3 is 14.2 Å². The Kier molecular flexibility index (Phi) is 4.64. The van der Waals surface area contributed by atoms with E-state index >= 15 is 0 Å². The molecule has 5 heteroatoms. The summed E-state index contributed by atoms with van der Waals surface area (Å²) in [5, 5.41) is -0.271. The molecule has 2 rings (SSSR count). The molecule has 1 heterocycles. The van der Waals surface area contributed by atoms with E-state index in [0.29, 0.717) is 0 Å². The lowest BCUT2D eigenvalue weighted by Crippen LogP contribution is -2.29. The van der Waals surface area contributed by atoms with Crippen molar-refractivity contribution >= 4 is 27.5 Å². The number of hydrogen-bond acceptors (Lipinski definition) is 3. The van der Waals surface area contributed by atoms with E-state index in [1.165, 1.54) is 0 Å². The second kappa shape index (κ2) is 5.90. The molecule has 0 amide bonds. The summed E-state index contributed by atoms with van der Waals surface area (Å²) < 4.78 is 17.4. The van der Waals surface area contributed by atoms with Gasteiger partial charge in [-0.15, -0.1) is 11.6 Å². The molecule has 2 unspecified atom stereocenters. The van der Waals surface area contributed by atoms with Crippen LogP contribution >= 0.6 is 27.5 Å². The minimum atomic E-state index is -0.353. The number of ether oxygens (including phenoxy) is 3. The fraction of sp³-hybridized carbons (Fsp3) is 0.571. The minimum absolute atomic E-state index is 0.271. The lowest BCUT2D eigenvalue weighted by Gasteiger charge is -2.30. The fourth-order valence-electron chi connectivity index (χ4n) is 2.41. The van der Waals surface area contributed by atoms with E-state index in [4.69, 9.17) is 25.8 Å². The number of halogens is 2. The van der Waals surface area contributed by atoms with E-state index < -0.39 is 0 Å². The molecule has 1 aliphatic rings. The molecule has 1 fully saturated rings. The molecule has 1 saturated heterocycles. The van der Waals surface area contributed by atoms with E-state index in [9.17, 15) is 0 Å². The molecule has 3 nitrogen and oxygen atoms in total. The van der Waals surface area contributed by atoms with Gasteiger partial charge in [0.15, 0.2) is 0 Å². The highest BCUT2D eigenvalue weighted by molar-refractivity contribution is 9.10. The van der Waals surface area contributed by atoms with Crippen molar-refractivity contribution in [1.82, 2.24) is 0 Å². The third kappa shape index (κ3) is 2.86. The highest BCUT2D eigenvalue weighted by Gasteiger charge is 2.39. The van der Waals surface area contributed by atoms with Crippen molar-refractivity contribution in [2.75, 3.05) is 20.8 Å². The minimum Gasteiger partial charge on any atom is -0.496 e. The van der Waals surface area contributed by atoms with Crippen molar-refractivity contribution in [1.29, 1.82) is 0 Å². The summed E-state index contributed by atoms with van der Waals surface area (Å²) in [4.78, 5) is 0. The van der Waals surface area contributed by atoms with Crippen molar-refractivity contribution in [3.8, 4) is 11.5 Å². The van der Waals surface area contributed by atoms with Gasteiger partial charge in [0.25, 0.3) is 0 Å². The van der Waals surface area contributed by atoms with E-state index in [-0.39, 0.29) is 11.0 Å². The van der Waals surface area contributed by atoms with Gasteiger partial charge in [-0.05, 0) is 47.8 Å². The van der Waals surface area contributed by atoms with Gasteiger partial charge in [0.05, 0.1) is 29.7 Å². The first kappa shape index (κ1) is 14.9. The maximum absolute atomic E-state index is 6.64. The van der Waals surface area contributed by atoms with Crippen LogP contribution in [0.3, 0.4) is 0 Å². The highest BCUT2D eigenvalue weighted by atomic mass is 79.9. The molecular formula is C14H18BrClO3. The molecule has 1 aliphatic heterocycles. The van der Waals surface area contributed by atoms with Crippen molar-refractivity contribution < 1.29 is 14.2 Å². The third-order valence-electron chi connectivity index (χ3n) is 3.56. The van der Waals surface area contributed by atoms with E-state index in [1.54, 1.807) is 14.2 Å². The van der Waals surface area contributed by atoms with Crippen LogP contribution in [0.5, 0.6) is 11.5 Å². The first-order valence-electron chi connectivity index (χ1n) is 6.21. The average Bonchev–Trinajstić information content (AvgIpc) is 2.85. The van der Waals surface area contributed by atoms with Gasteiger partial charge in [0.2, 0.25) is 0 Å². The van der Waals surface area contributed by atoms with E-state index in [0.717, 1.165) is 41.0 Å². The van der Waals surface area contributed by atoms with Gasteiger partial charge in [-0.2, -0.15) is 0 Å². The van der Waals surface area contributed by atoms with Crippen molar-refractivity contribution in [2.45, 2.75) is 30.7 Å². The van der Waals surface area contributed by atoms with Crippen LogP contribution in [0.1, 0.15) is 30.7 Å². The summed E-state index contributed by atoms with van der Waals surface area (Å²) >= 11 is 10.1. The number of methoxy groups -OCH3 is 2. The van der Waals surface area contributed by atoms with Crippen LogP contribution in [-0.2, 0) is 4.74 Å². The average molecular weight is 350 g/mol. The number of benzene rings is 1. The van der Waals surface area contributed by atoms with Crippen molar-refractivity contribution in [3.05, 3.63) is 22.2 Å². The molecule has 106 valence electrons. The maximum Gasteiger partial charge on any atom is 0.133 e. The second-order valence-corrected chi connectivity index (χ2v) is 6.15. The summed E-state index contributed by atoms with van der Waals surface area (Å²) in [6.07, 6.45) is 1.98. The molecule has 0 radical (unpaired) electrons. The quantitative estimate of drug-likeness (QED) is 0.758. The summed E-state index contributed by atoms with van der Waals surface area (Å²) in [6, 6.07) is 3.79. The lowest BCUT2D eigenvalue weighted by molar-refractivity contribution is 0.0159. The Morgan fingerprint density at radius 2 is 2.00 bits per heavy atom. The Morgan fingerprint density at radius 3 is 2.53 bits per heavy atom. The van der Waals surface area contributed by atoms with Gasteiger partial charge in [0.1, 0.15) is 11.5 Å². The van der Waals surface area contributed by atoms with Crippen LogP contribution in [0, 0.1) is 0 Å². The standard InChI is InChI=1S/C14H18BrClO3/c1-14(5-4-6-19-14)13(16)9-7-12(18-3)10(15)8-11(9)17-2/h7-8,13H,4-6H2,1-3H3. The molecule has 19 heavy (non-hydrogen) atoms. The lowest BCUT2D eigenvalue weighted by atomic mass is 9.92. The fourth-order valence-corrected chi connectivity index (χ4v) is 3.24. The summed E-state index contributed by atoms with van der Waals surface area (Å²) in [7, 11) is 3.27. The predicted molar refractivity (Wildman–Crippen MR) is 79.4 cm³/mol. The Labute approximate surface area is 127 Å². The molecule has 0 spiro atoms. The van der Waals surface area contributed by atoms with Gasteiger partial charge in [-0.3, -0.25) is 0 Å². The SMILES string of the molecule is COc1cc(C(Cl)C2(C)CCCO2)c(OC)cc1Br. The molecule has 2 atom stereocenters. The number of hydrogen-bond donors (Lipinski definition) is 0. The van der Waals surface area contributed by atoms with Crippen molar-refractivity contribution in [3.63, 3.8) is 0 Å². The smallest absolute Gasteiger partial charge is 0.133 e. The van der Waals surface area contributed by atoms with Crippen LogP contribution < -0.4 is 9.47 Å². The molecule has 0 aromatic heterocycles. The zero-order valence-electron chi connectivity index (χ0n) is 11.3. The largest absolute Gasteiger partial charge is 0.496 e. The topological polar surface area (TPSA) is 27.7 Å². The van der Waals surface area contributed by atoms with Gasteiger partial charge >= 0.3 is 0 Å². The van der Waals surface area contributed by atoms with Crippen LogP contribution in [0.2, 0.25) is 0 Å². The Balaban J connectivity index is 2.42. The van der Waals surface area contributed by atoms with Crippen LogP contribution in [0.25, 0.3) is 0 Å². The van der Waals surface area contributed by atoms with Crippen LogP contribution in [-0.4, -0.2) is 26.4 Å². The first-order chi connectivity index (χ1) is 9.01. The first-order valence-corrected chi connectivity index (χ1v) is 7.44. The van der Waals surface area contributed by atoms with Crippen LogP contribution in [0.4, 0.5) is 0 Å². The molecule has 1 aromatic rings. The third-order valence-corrected chi connectivity index (χ3v) is 4.88. The summed E-state index contributed by atoms with van der Waals surface area (Å²) in [5.74, 6) is 1.48. The second-order valence-electron chi connectivity index (χ2n) is 4.86. The normalized spacial score (nSPS) is 24.3. The van der Waals surface area contributed by atoms with E-state index in [1.807, 2.05) is 19.1 Å². The van der Waals surface area contributed by atoms with Gasteiger partial charge in [-0.1, -0.05) is 0 Å². The molecular weight excluding hydrogens is 332 g/mol. The van der Waals surface area contributed by atoms with Gasteiger partial charge in [0, 0.05) is 12.2 Å². The molecule has 1 aromatic carbocycles. The summed E-state index contributed by atoms with van der Waals surface area (Å²) in [5.41, 5.74) is 0.543. The number of alkyl halides is 1. The maximum atomic E-state index is 6.64.